The molecule has 0 spiro atoms. The Kier molecular flexibility index (Phi) is 4.35. The summed E-state index contributed by atoms with van der Waals surface area (Å²) in [7, 11) is 1.77. The van der Waals surface area contributed by atoms with E-state index >= 15 is 0 Å². The highest BCUT2D eigenvalue weighted by atomic mass is 16.3. The van der Waals surface area contributed by atoms with Crippen LogP contribution in [0.5, 0.6) is 0 Å². The van der Waals surface area contributed by atoms with E-state index in [0.717, 1.165) is 19.3 Å². The summed E-state index contributed by atoms with van der Waals surface area (Å²) in [5.41, 5.74) is 0. The molecule has 0 aromatic heterocycles. The van der Waals surface area contributed by atoms with Crippen LogP contribution in [0.15, 0.2) is 0 Å². The molecule has 1 aliphatic carbocycles. The molecule has 4 nitrogen and oxygen atoms in total. The number of amides is 1. The summed E-state index contributed by atoms with van der Waals surface area (Å²) in [5.74, 6) is 0.492. The van der Waals surface area contributed by atoms with Crippen molar-refractivity contribution in [3.05, 3.63) is 0 Å². The van der Waals surface area contributed by atoms with Crippen LogP contribution in [0.3, 0.4) is 0 Å². The van der Waals surface area contributed by atoms with Crippen molar-refractivity contribution in [2.45, 2.75) is 38.3 Å². The van der Waals surface area contributed by atoms with E-state index in [-0.39, 0.29) is 18.1 Å². The molecule has 1 amide bonds. The van der Waals surface area contributed by atoms with Crippen LogP contribution in [-0.4, -0.2) is 36.8 Å². The molecule has 0 aliphatic heterocycles. The van der Waals surface area contributed by atoms with Gasteiger partial charge in [-0.2, -0.15) is 0 Å². The minimum absolute atomic E-state index is 0.0360. The number of hydrogen-bond acceptors (Lipinski definition) is 3. The second-order valence-corrected chi connectivity index (χ2v) is 4.09. The number of hydrogen-bond donors (Lipinski definition) is 3. The third-order valence-corrected chi connectivity index (χ3v) is 2.90. The average molecular weight is 200 g/mol. The number of rotatable bonds is 4. The van der Waals surface area contributed by atoms with Crippen LogP contribution in [0.1, 0.15) is 26.2 Å². The zero-order chi connectivity index (χ0) is 10.6. The molecule has 0 saturated heterocycles. The SMILES string of the molecule is CNC(C)C(=O)NCC1CCC(O)C1. The highest BCUT2D eigenvalue weighted by molar-refractivity contribution is 5.81. The summed E-state index contributed by atoms with van der Waals surface area (Å²) < 4.78 is 0. The number of likely N-dealkylation sites (N-methyl/N-ethyl adjacent to an activating group) is 1. The van der Waals surface area contributed by atoms with Crippen molar-refractivity contribution in [1.29, 1.82) is 0 Å². The van der Waals surface area contributed by atoms with Gasteiger partial charge in [0.2, 0.25) is 5.91 Å². The Balaban J connectivity index is 2.17. The molecule has 1 saturated carbocycles. The molecule has 0 bridgehead atoms. The topological polar surface area (TPSA) is 61.4 Å². The van der Waals surface area contributed by atoms with Crippen LogP contribution < -0.4 is 10.6 Å². The molecule has 0 heterocycles. The fraction of sp³-hybridized carbons (Fsp3) is 0.900. The van der Waals surface area contributed by atoms with Crippen LogP contribution in [0.4, 0.5) is 0 Å². The van der Waals surface area contributed by atoms with Crippen molar-refractivity contribution >= 4 is 5.91 Å². The van der Waals surface area contributed by atoms with E-state index in [2.05, 4.69) is 10.6 Å². The van der Waals surface area contributed by atoms with Gasteiger partial charge in [0.1, 0.15) is 0 Å². The third kappa shape index (κ3) is 3.27. The smallest absolute Gasteiger partial charge is 0.236 e. The second-order valence-electron chi connectivity index (χ2n) is 4.09. The molecule has 3 unspecified atom stereocenters. The molecule has 1 aliphatic rings. The monoisotopic (exact) mass is 200 g/mol. The summed E-state index contributed by atoms with van der Waals surface area (Å²) in [6.45, 7) is 2.53. The number of carbonyl (C=O) groups is 1. The van der Waals surface area contributed by atoms with E-state index in [4.69, 9.17) is 0 Å². The predicted octanol–water partition coefficient (Wildman–Crippen LogP) is -0.128. The fourth-order valence-electron chi connectivity index (χ4n) is 1.76. The van der Waals surface area contributed by atoms with Gasteiger partial charge in [-0.05, 0) is 39.2 Å². The maximum absolute atomic E-state index is 11.4. The van der Waals surface area contributed by atoms with E-state index in [9.17, 15) is 9.90 Å². The average Bonchev–Trinajstić information content (AvgIpc) is 2.59. The zero-order valence-corrected chi connectivity index (χ0v) is 8.92. The minimum Gasteiger partial charge on any atom is -0.393 e. The molecule has 1 fully saturated rings. The number of nitrogens with one attached hydrogen (secondary N) is 2. The van der Waals surface area contributed by atoms with Crippen LogP contribution in [0, 0.1) is 5.92 Å². The van der Waals surface area contributed by atoms with E-state index in [1.807, 2.05) is 6.92 Å². The Morgan fingerprint density at radius 2 is 2.29 bits per heavy atom. The van der Waals surface area contributed by atoms with E-state index in [1.165, 1.54) is 0 Å². The molecule has 4 heteroatoms. The molecule has 0 radical (unpaired) electrons. The zero-order valence-electron chi connectivity index (χ0n) is 8.92. The Hall–Kier alpha value is -0.610. The van der Waals surface area contributed by atoms with Gasteiger partial charge in [0, 0.05) is 6.54 Å². The molecule has 14 heavy (non-hydrogen) atoms. The van der Waals surface area contributed by atoms with Crippen molar-refractivity contribution < 1.29 is 9.90 Å². The Bertz CT molecular complexity index is 197. The second kappa shape index (κ2) is 5.32. The maximum atomic E-state index is 11.4. The van der Waals surface area contributed by atoms with Gasteiger partial charge in [-0.15, -0.1) is 0 Å². The third-order valence-electron chi connectivity index (χ3n) is 2.90. The molecule has 3 N–H and O–H groups in total. The summed E-state index contributed by atoms with van der Waals surface area (Å²) >= 11 is 0. The highest BCUT2D eigenvalue weighted by Gasteiger charge is 2.23. The van der Waals surface area contributed by atoms with Gasteiger partial charge in [0.05, 0.1) is 12.1 Å². The van der Waals surface area contributed by atoms with Crippen LogP contribution in [-0.2, 0) is 4.79 Å². The highest BCUT2D eigenvalue weighted by Crippen LogP contribution is 2.24. The van der Waals surface area contributed by atoms with Gasteiger partial charge in [-0.1, -0.05) is 0 Å². The van der Waals surface area contributed by atoms with E-state index in [1.54, 1.807) is 7.05 Å². The summed E-state index contributed by atoms with van der Waals surface area (Å²) in [6.07, 6.45) is 2.57. The lowest BCUT2D eigenvalue weighted by Gasteiger charge is -2.14. The van der Waals surface area contributed by atoms with Crippen LogP contribution in [0.25, 0.3) is 0 Å². The van der Waals surface area contributed by atoms with Crippen LogP contribution in [0.2, 0.25) is 0 Å². The molecule has 0 aromatic rings. The van der Waals surface area contributed by atoms with Crippen LogP contribution >= 0.6 is 0 Å². The number of aliphatic hydroxyl groups excluding tert-OH is 1. The summed E-state index contributed by atoms with van der Waals surface area (Å²) in [5, 5.41) is 15.1. The van der Waals surface area contributed by atoms with Gasteiger partial charge < -0.3 is 15.7 Å². The molecule has 0 aromatic carbocycles. The van der Waals surface area contributed by atoms with Gasteiger partial charge in [-0.25, -0.2) is 0 Å². The normalized spacial score (nSPS) is 28.8. The first kappa shape index (κ1) is 11.5. The first-order valence-electron chi connectivity index (χ1n) is 5.26. The maximum Gasteiger partial charge on any atom is 0.236 e. The Morgan fingerprint density at radius 1 is 1.57 bits per heavy atom. The lowest BCUT2D eigenvalue weighted by Crippen LogP contribution is -2.42. The summed E-state index contributed by atoms with van der Waals surface area (Å²) in [6, 6.07) is -0.138. The van der Waals surface area contributed by atoms with Crippen molar-refractivity contribution in [1.82, 2.24) is 10.6 Å². The Labute approximate surface area is 85.1 Å². The van der Waals surface area contributed by atoms with Crippen molar-refractivity contribution in [3.8, 4) is 0 Å². The lowest BCUT2D eigenvalue weighted by molar-refractivity contribution is -0.122. The van der Waals surface area contributed by atoms with Crippen molar-refractivity contribution in [3.63, 3.8) is 0 Å². The van der Waals surface area contributed by atoms with E-state index in [0.29, 0.717) is 12.5 Å². The van der Waals surface area contributed by atoms with Gasteiger partial charge in [-0.3, -0.25) is 4.79 Å². The molecule has 1 rings (SSSR count). The predicted molar refractivity (Wildman–Crippen MR) is 54.9 cm³/mol. The van der Waals surface area contributed by atoms with Gasteiger partial charge in [0.25, 0.3) is 0 Å². The van der Waals surface area contributed by atoms with Gasteiger partial charge in [0.15, 0.2) is 0 Å². The largest absolute Gasteiger partial charge is 0.393 e. The number of carbonyl (C=O) groups excluding carboxylic acids is 1. The molecular formula is C10H20N2O2. The molecular weight excluding hydrogens is 180 g/mol. The lowest BCUT2D eigenvalue weighted by atomic mass is 10.1. The fourth-order valence-corrected chi connectivity index (χ4v) is 1.76. The van der Waals surface area contributed by atoms with Crippen molar-refractivity contribution in [2.75, 3.05) is 13.6 Å². The van der Waals surface area contributed by atoms with Crippen molar-refractivity contribution in [2.24, 2.45) is 5.92 Å². The van der Waals surface area contributed by atoms with Gasteiger partial charge >= 0.3 is 0 Å². The Morgan fingerprint density at radius 3 is 2.79 bits per heavy atom. The molecule has 3 atom stereocenters. The summed E-state index contributed by atoms with van der Waals surface area (Å²) in [4.78, 5) is 11.4. The van der Waals surface area contributed by atoms with E-state index < -0.39 is 0 Å². The molecule has 82 valence electrons. The minimum atomic E-state index is -0.154. The first-order valence-corrected chi connectivity index (χ1v) is 5.26. The first-order chi connectivity index (χ1) is 6.63. The standard InChI is InChI=1S/C10H20N2O2/c1-7(11-2)10(14)12-6-8-3-4-9(13)5-8/h7-9,11,13H,3-6H2,1-2H3,(H,12,14). The number of aliphatic hydroxyl groups is 1. The quantitative estimate of drug-likeness (QED) is 0.592.